The summed E-state index contributed by atoms with van der Waals surface area (Å²) in [6.45, 7) is 5.08. The summed E-state index contributed by atoms with van der Waals surface area (Å²) in [5.74, 6) is 0.267. The molecule has 1 amide bonds. The molecule has 8 heteroatoms. The summed E-state index contributed by atoms with van der Waals surface area (Å²) in [5.41, 5.74) is 5.86. The van der Waals surface area contributed by atoms with Crippen molar-refractivity contribution in [1.29, 1.82) is 0 Å². The van der Waals surface area contributed by atoms with E-state index in [1.54, 1.807) is 4.31 Å². The number of amides is 1. The first-order valence-electron chi connectivity index (χ1n) is 7.85. The lowest BCUT2D eigenvalue weighted by Crippen LogP contribution is -2.51. The van der Waals surface area contributed by atoms with Crippen molar-refractivity contribution in [3.63, 3.8) is 0 Å². The van der Waals surface area contributed by atoms with Crippen molar-refractivity contribution in [2.24, 2.45) is 11.7 Å². The molecule has 1 heterocycles. The lowest BCUT2D eigenvalue weighted by Gasteiger charge is -2.32. The van der Waals surface area contributed by atoms with Gasteiger partial charge in [-0.2, -0.15) is 0 Å². The van der Waals surface area contributed by atoms with E-state index >= 15 is 0 Å². The quantitative estimate of drug-likeness (QED) is 0.740. The number of sulfonamides is 1. The van der Waals surface area contributed by atoms with E-state index in [0.717, 1.165) is 12.8 Å². The van der Waals surface area contributed by atoms with E-state index in [1.807, 2.05) is 13.8 Å². The number of hydrogen-bond acceptors (Lipinski definition) is 4. The van der Waals surface area contributed by atoms with E-state index < -0.39 is 16.1 Å². The maximum atomic E-state index is 12.1. The topological polar surface area (TPSA) is 92.5 Å². The largest absolute Gasteiger partial charge is 0.352 e. The Morgan fingerprint density at radius 2 is 1.77 bits per heavy atom. The number of nitrogens with zero attached hydrogens (tertiary/aromatic N) is 1. The lowest BCUT2D eigenvalue weighted by molar-refractivity contribution is -0.123. The molecule has 130 valence electrons. The van der Waals surface area contributed by atoms with Crippen LogP contribution in [0.4, 0.5) is 0 Å². The second-order valence-electron chi connectivity index (χ2n) is 6.66. The number of rotatable bonds is 6. The van der Waals surface area contributed by atoms with Crippen LogP contribution in [0.1, 0.15) is 46.0 Å². The highest BCUT2D eigenvalue weighted by Gasteiger charge is 2.41. The summed E-state index contributed by atoms with van der Waals surface area (Å²) >= 11 is 0. The summed E-state index contributed by atoms with van der Waals surface area (Å²) < 4.78 is 25.8. The summed E-state index contributed by atoms with van der Waals surface area (Å²) in [5, 5.41) is 2.81. The Balaban J connectivity index is 0.00000242. The van der Waals surface area contributed by atoms with Gasteiger partial charge in [-0.3, -0.25) is 4.79 Å². The van der Waals surface area contributed by atoms with Crippen molar-refractivity contribution in [2.75, 3.05) is 13.1 Å². The molecule has 2 fully saturated rings. The predicted molar refractivity (Wildman–Crippen MR) is 89.4 cm³/mol. The molecule has 0 aromatic heterocycles. The fourth-order valence-electron chi connectivity index (χ4n) is 2.75. The molecule has 1 aliphatic carbocycles. The second kappa shape index (κ2) is 7.95. The Bertz CT molecular complexity index is 472. The molecule has 0 spiro atoms. The minimum absolute atomic E-state index is 0. The van der Waals surface area contributed by atoms with Gasteiger partial charge in [-0.05, 0) is 38.0 Å². The molecular formula is C14H28ClN3O3S. The molecule has 1 saturated heterocycles. The number of hydrogen-bond donors (Lipinski definition) is 2. The Morgan fingerprint density at radius 3 is 2.23 bits per heavy atom. The third-order valence-corrected chi connectivity index (χ3v) is 6.57. The SMILES string of the molecule is CC(C)C[C@H](N)C(=O)NC1CCN(S(=O)(=O)C2CC2)CC1.Cl. The minimum Gasteiger partial charge on any atom is -0.352 e. The van der Waals surface area contributed by atoms with Crippen molar-refractivity contribution in [1.82, 2.24) is 9.62 Å². The molecule has 0 unspecified atom stereocenters. The molecular weight excluding hydrogens is 326 g/mol. The van der Waals surface area contributed by atoms with Crippen LogP contribution in [0.15, 0.2) is 0 Å². The number of carbonyl (C=O) groups excluding carboxylic acids is 1. The molecule has 2 aliphatic rings. The van der Waals surface area contributed by atoms with E-state index in [0.29, 0.717) is 38.3 Å². The molecule has 2 rings (SSSR count). The van der Waals surface area contributed by atoms with E-state index in [-0.39, 0.29) is 29.6 Å². The van der Waals surface area contributed by atoms with Gasteiger partial charge in [0, 0.05) is 19.1 Å². The lowest BCUT2D eigenvalue weighted by atomic mass is 10.0. The van der Waals surface area contributed by atoms with Gasteiger partial charge in [0.15, 0.2) is 0 Å². The zero-order chi connectivity index (χ0) is 15.6. The first-order chi connectivity index (χ1) is 9.80. The molecule has 0 aromatic rings. The minimum atomic E-state index is -3.08. The maximum absolute atomic E-state index is 12.1. The van der Waals surface area contributed by atoms with Crippen LogP contribution < -0.4 is 11.1 Å². The molecule has 6 nitrogen and oxygen atoms in total. The fraction of sp³-hybridized carbons (Fsp3) is 0.929. The van der Waals surface area contributed by atoms with E-state index in [9.17, 15) is 13.2 Å². The van der Waals surface area contributed by atoms with Gasteiger partial charge in [0.2, 0.25) is 15.9 Å². The van der Waals surface area contributed by atoms with Crippen LogP contribution in [0.3, 0.4) is 0 Å². The van der Waals surface area contributed by atoms with Crippen molar-refractivity contribution >= 4 is 28.3 Å². The van der Waals surface area contributed by atoms with Gasteiger partial charge in [0.05, 0.1) is 11.3 Å². The number of halogens is 1. The van der Waals surface area contributed by atoms with E-state index in [1.165, 1.54) is 0 Å². The maximum Gasteiger partial charge on any atom is 0.237 e. The van der Waals surface area contributed by atoms with E-state index in [2.05, 4.69) is 5.32 Å². The molecule has 0 aromatic carbocycles. The second-order valence-corrected chi connectivity index (χ2v) is 8.88. The third kappa shape index (κ3) is 5.08. The average Bonchev–Trinajstić information content (AvgIpc) is 3.23. The summed E-state index contributed by atoms with van der Waals surface area (Å²) in [4.78, 5) is 12.0. The van der Waals surface area contributed by atoms with Crippen LogP contribution in [-0.4, -0.2) is 49.1 Å². The Labute approximate surface area is 139 Å². The molecule has 1 saturated carbocycles. The van der Waals surface area contributed by atoms with Gasteiger partial charge in [0.1, 0.15) is 0 Å². The first kappa shape index (κ1) is 19.7. The molecule has 1 atom stereocenters. The van der Waals surface area contributed by atoms with Crippen LogP contribution in [-0.2, 0) is 14.8 Å². The first-order valence-corrected chi connectivity index (χ1v) is 9.36. The molecule has 0 bridgehead atoms. The van der Waals surface area contributed by atoms with Crippen LogP contribution in [0.25, 0.3) is 0 Å². The van der Waals surface area contributed by atoms with Gasteiger partial charge in [0.25, 0.3) is 0 Å². The van der Waals surface area contributed by atoms with Crippen LogP contribution >= 0.6 is 12.4 Å². The normalized spacial score (nSPS) is 22.2. The summed E-state index contributed by atoms with van der Waals surface area (Å²) in [7, 11) is -3.08. The Morgan fingerprint density at radius 1 is 1.23 bits per heavy atom. The van der Waals surface area contributed by atoms with Crippen molar-refractivity contribution in [3.05, 3.63) is 0 Å². The number of piperidine rings is 1. The van der Waals surface area contributed by atoms with Crippen molar-refractivity contribution in [2.45, 2.75) is 63.3 Å². The zero-order valence-electron chi connectivity index (χ0n) is 13.3. The number of nitrogens with one attached hydrogen (secondary N) is 1. The summed E-state index contributed by atoms with van der Waals surface area (Å²) in [6, 6.07) is -0.431. The predicted octanol–water partition coefficient (Wildman–Crippen LogP) is 0.854. The third-order valence-electron chi connectivity index (χ3n) is 4.17. The van der Waals surface area contributed by atoms with Gasteiger partial charge >= 0.3 is 0 Å². The molecule has 3 N–H and O–H groups in total. The van der Waals surface area contributed by atoms with Gasteiger partial charge in [-0.1, -0.05) is 13.8 Å². The van der Waals surface area contributed by atoms with Crippen LogP contribution in [0.2, 0.25) is 0 Å². The summed E-state index contributed by atoms with van der Waals surface area (Å²) in [6.07, 6.45) is 3.60. The van der Waals surface area contributed by atoms with Crippen molar-refractivity contribution in [3.8, 4) is 0 Å². The molecule has 1 aliphatic heterocycles. The fourth-order valence-corrected chi connectivity index (χ4v) is 4.63. The highest BCUT2D eigenvalue weighted by molar-refractivity contribution is 7.90. The molecule has 0 radical (unpaired) electrons. The van der Waals surface area contributed by atoms with Crippen LogP contribution in [0.5, 0.6) is 0 Å². The highest BCUT2D eigenvalue weighted by Crippen LogP contribution is 2.32. The van der Waals surface area contributed by atoms with Crippen molar-refractivity contribution < 1.29 is 13.2 Å². The zero-order valence-corrected chi connectivity index (χ0v) is 15.0. The highest BCUT2D eigenvalue weighted by atomic mass is 35.5. The standard InChI is InChI=1S/C14H27N3O3S.ClH/c1-10(2)9-13(15)14(18)16-11-5-7-17(8-6-11)21(19,20)12-3-4-12;/h10-13H,3-9,15H2,1-2H3,(H,16,18);1H/t13-;/m0./s1. The number of nitrogens with two attached hydrogens (primary N) is 1. The molecule has 22 heavy (non-hydrogen) atoms. The van der Waals surface area contributed by atoms with Gasteiger partial charge in [-0.15, -0.1) is 12.4 Å². The average molecular weight is 354 g/mol. The Hall–Kier alpha value is -0.370. The smallest absolute Gasteiger partial charge is 0.237 e. The van der Waals surface area contributed by atoms with E-state index in [4.69, 9.17) is 5.73 Å². The monoisotopic (exact) mass is 353 g/mol. The number of carbonyl (C=O) groups is 1. The Kier molecular flexibility index (Phi) is 7.11. The van der Waals surface area contributed by atoms with Crippen LogP contribution in [0, 0.1) is 5.92 Å². The van der Waals surface area contributed by atoms with Gasteiger partial charge in [-0.25, -0.2) is 12.7 Å². The van der Waals surface area contributed by atoms with Gasteiger partial charge < -0.3 is 11.1 Å².